The number of carbonyl (C=O) groups excluding carboxylic acids is 2. The Morgan fingerprint density at radius 1 is 0.947 bits per heavy atom. The highest BCUT2D eigenvalue weighted by atomic mass is 19.1. The van der Waals surface area contributed by atoms with Crippen LogP contribution in [0.15, 0.2) is 60.7 Å². The second-order valence-electron chi connectivity index (χ2n) is 9.15. The first-order chi connectivity index (χ1) is 18.3. The summed E-state index contributed by atoms with van der Waals surface area (Å²) in [5.74, 6) is -0.937. The third kappa shape index (κ3) is 5.02. The van der Waals surface area contributed by atoms with Gasteiger partial charge in [-0.1, -0.05) is 18.2 Å². The van der Waals surface area contributed by atoms with Gasteiger partial charge in [0.05, 0.1) is 23.7 Å². The van der Waals surface area contributed by atoms with Crippen LogP contribution in [-0.2, 0) is 11.8 Å². The van der Waals surface area contributed by atoms with Gasteiger partial charge in [-0.2, -0.15) is 10.2 Å². The average molecular weight is 517 g/mol. The smallest absolute Gasteiger partial charge is 0.358 e. The number of hydrogen-bond donors (Lipinski definition) is 0. The molecule has 0 radical (unpaired) electrons. The Morgan fingerprint density at radius 2 is 1.68 bits per heavy atom. The maximum absolute atomic E-state index is 14.0. The minimum atomic E-state index is -0.533. The summed E-state index contributed by atoms with van der Waals surface area (Å²) in [6, 6.07) is 17.4. The number of rotatable bonds is 6. The van der Waals surface area contributed by atoms with Crippen molar-refractivity contribution in [2.24, 2.45) is 7.05 Å². The van der Waals surface area contributed by atoms with Gasteiger partial charge >= 0.3 is 5.97 Å². The lowest BCUT2D eigenvalue weighted by atomic mass is 10.1. The molecule has 0 atom stereocenters. The maximum Gasteiger partial charge on any atom is 0.358 e. The van der Waals surface area contributed by atoms with Crippen molar-refractivity contribution in [1.82, 2.24) is 24.5 Å². The molecule has 1 fully saturated rings. The first-order valence-electron chi connectivity index (χ1n) is 12.5. The number of piperazine rings is 1. The van der Waals surface area contributed by atoms with Crippen LogP contribution in [0.2, 0.25) is 0 Å². The van der Waals surface area contributed by atoms with Gasteiger partial charge in [0.1, 0.15) is 11.5 Å². The van der Waals surface area contributed by atoms with E-state index in [2.05, 4.69) is 15.1 Å². The first-order valence-corrected chi connectivity index (χ1v) is 12.5. The molecule has 5 rings (SSSR count). The van der Waals surface area contributed by atoms with Crippen LogP contribution >= 0.6 is 0 Å². The quantitative estimate of drug-likeness (QED) is 0.362. The molecule has 3 heterocycles. The van der Waals surface area contributed by atoms with E-state index in [0.717, 1.165) is 16.9 Å². The number of aryl methyl sites for hydroxylation is 2. The normalized spacial score (nSPS) is 13.6. The predicted molar refractivity (Wildman–Crippen MR) is 141 cm³/mol. The summed E-state index contributed by atoms with van der Waals surface area (Å²) < 4.78 is 22.3. The lowest BCUT2D eigenvalue weighted by molar-refractivity contribution is 0.0518. The van der Waals surface area contributed by atoms with Crippen LogP contribution in [0.5, 0.6) is 0 Å². The summed E-state index contributed by atoms with van der Waals surface area (Å²) in [6.45, 7) is 6.47. The molecule has 2 aromatic carbocycles. The zero-order valence-electron chi connectivity index (χ0n) is 21.6. The van der Waals surface area contributed by atoms with Crippen LogP contribution in [0.25, 0.3) is 16.9 Å². The number of halogens is 1. The number of aromatic nitrogens is 4. The molecule has 38 heavy (non-hydrogen) atoms. The minimum Gasteiger partial charge on any atom is -0.461 e. The molecule has 1 aliphatic heterocycles. The lowest BCUT2D eigenvalue weighted by Crippen LogP contribution is -2.49. The monoisotopic (exact) mass is 516 g/mol. The SMILES string of the molecule is CCOC(=O)c1cc(-c2ccc(N3CCN(C(=O)c4cc(C)nn4C)CC3)cc2)n(-c2cccc(F)c2)n1. The molecule has 1 saturated heterocycles. The van der Waals surface area contributed by atoms with E-state index in [1.165, 1.54) is 12.1 Å². The molecule has 0 aliphatic carbocycles. The number of benzene rings is 2. The molecule has 0 bridgehead atoms. The topological polar surface area (TPSA) is 85.5 Å². The Morgan fingerprint density at radius 3 is 2.32 bits per heavy atom. The van der Waals surface area contributed by atoms with Gasteiger partial charge in [0.15, 0.2) is 5.69 Å². The van der Waals surface area contributed by atoms with Gasteiger partial charge in [0, 0.05) is 44.5 Å². The van der Waals surface area contributed by atoms with Crippen LogP contribution in [0, 0.1) is 12.7 Å². The summed E-state index contributed by atoms with van der Waals surface area (Å²) >= 11 is 0. The summed E-state index contributed by atoms with van der Waals surface area (Å²) in [4.78, 5) is 29.4. The van der Waals surface area contributed by atoms with E-state index in [1.807, 2.05) is 42.2 Å². The summed E-state index contributed by atoms with van der Waals surface area (Å²) in [5.41, 5.74) is 4.57. The van der Waals surface area contributed by atoms with Crippen LogP contribution in [0.3, 0.4) is 0 Å². The standard InChI is InChI=1S/C28H29FN6O3/c1-4-38-28(37)24-18-25(35(31-24)23-7-5-6-21(29)17-23)20-8-10-22(11-9-20)33-12-14-34(15-13-33)27(36)26-16-19(2)30-32(26)3/h5-11,16-18H,4,12-15H2,1-3H3. The van der Waals surface area contributed by atoms with Gasteiger partial charge in [-0.05, 0) is 56.3 Å². The molecule has 196 valence electrons. The molecule has 0 N–H and O–H groups in total. The summed E-state index contributed by atoms with van der Waals surface area (Å²) in [6.07, 6.45) is 0. The van der Waals surface area contributed by atoms with E-state index in [4.69, 9.17) is 4.74 Å². The Kier molecular flexibility index (Phi) is 6.95. The molecular weight excluding hydrogens is 487 g/mol. The average Bonchev–Trinajstić information content (AvgIpc) is 3.52. The number of anilines is 1. The maximum atomic E-state index is 14.0. The molecule has 9 nitrogen and oxygen atoms in total. The summed E-state index contributed by atoms with van der Waals surface area (Å²) in [5, 5.41) is 8.69. The second kappa shape index (κ2) is 10.5. The van der Waals surface area contributed by atoms with E-state index in [9.17, 15) is 14.0 Å². The summed E-state index contributed by atoms with van der Waals surface area (Å²) in [7, 11) is 1.79. The predicted octanol–water partition coefficient (Wildman–Crippen LogP) is 3.86. The number of nitrogens with zero attached hydrogens (tertiary/aromatic N) is 6. The van der Waals surface area contributed by atoms with Gasteiger partial charge in [0.2, 0.25) is 0 Å². The van der Waals surface area contributed by atoms with Gasteiger partial charge in [-0.3, -0.25) is 9.48 Å². The largest absolute Gasteiger partial charge is 0.461 e. The zero-order valence-corrected chi connectivity index (χ0v) is 21.6. The van der Waals surface area contributed by atoms with E-state index in [-0.39, 0.29) is 18.2 Å². The molecule has 2 aromatic heterocycles. The van der Waals surface area contributed by atoms with E-state index in [1.54, 1.807) is 41.5 Å². The lowest BCUT2D eigenvalue weighted by Gasteiger charge is -2.36. The van der Waals surface area contributed by atoms with Gasteiger partial charge in [-0.15, -0.1) is 0 Å². The zero-order chi connectivity index (χ0) is 26.8. The number of hydrogen-bond acceptors (Lipinski definition) is 6. The fourth-order valence-corrected chi connectivity index (χ4v) is 4.68. The van der Waals surface area contributed by atoms with Crippen molar-refractivity contribution in [3.63, 3.8) is 0 Å². The number of ether oxygens (including phenoxy) is 1. The molecule has 0 unspecified atom stereocenters. The van der Waals surface area contributed by atoms with Crippen molar-refractivity contribution in [3.05, 3.63) is 83.6 Å². The van der Waals surface area contributed by atoms with Crippen LogP contribution < -0.4 is 4.90 Å². The van der Waals surface area contributed by atoms with Crippen molar-refractivity contribution >= 4 is 17.6 Å². The number of carbonyl (C=O) groups is 2. The van der Waals surface area contributed by atoms with E-state index in [0.29, 0.717) is 43.3 Å². The Balaban J connectivity index is 1.34. The highest BCUT2D eigenvalue weighted by Crippen LogP contribution is 2.28. The fraction of sp³-hybridized carbons (Fsp3) is 0.286. The third-order valence-electron chi connectivity index (χ3n) is 6.56. The molecular formula is C28H29FN6O3. The van der Waals surface area contributed by atoms with Crippen LogP contribution in [-0.4, -0.2) is 69.1 Å². The molecule has 1 aliphatic rings. The van der Waals surface area contributed by atoms with Crippen LogP contribution in [0.4, 0.5) is 10.1 Å². The Hall–Kier alpha value is -4.47. The molecule has 0 saturated carbocycles. The van der Waals surface area contributed by atoms with Gasteiger partial charge in [-0.25, -0.2) is 13.9 Å². The van der Waals surface area contributed by atoms with Gasteiger partial charge < -0.3 is 14.5 Å². The van der Waals surface area contributed by atoms with Crippen molar-refractivity contribution in [1.29, 1.82) is 0 Å². The van der Waals surface area contributed by atoms with Crippen molar-refractivity contribution in [3.8, 4) is 16.9 Å². The van der Waals surface area contributed by atoms with Crippen molar-refractivity contribution in [2.45, 2.75) is 13.8 Å². The highest BCUT2D eigenvalue weighted by Gasteiger charge is 2.25. The number of amides is 1. The third-order valence-corrected chi connectivity index (χ3v) is 6.56. The van der Waals surface area contributed by atoms with Crippen LogP contribution in [0.1, 0.15) is 33.6 Å². The first kappa shape index (κ1) is 25.2. The second-order valence-corrected chi connectivity index (χ2v) is 9.15. The minimum absolute atomic E-state index is 0.00823. The molecule has 4 aromatic rings. The Labute approximate surface area is 220 Å². The van der Waals surface area contributed by atoms with E-state index >= 15 is 0 Å². The number of esters is 1. The van der Waals surface area contributed by atoms with E-state index < -0.39 is 11.8 Å². The van der Waals surface area contributed by atoms with Gasteiger partial charge in [0.25, 0.3) is 5.91 Å². The fourth-order valence-electron chi connectivity index (χ4n) is 4.68. The van der Waals surface area contributed by atoms with Crippen molar-refractivity contribution in [2.75, 3.05) is 37.7 Å². The Bertz CT molecular complexity index is 1470. The highest BCUT2D eigenvalue weighted by molar-refractivity contribution is 5.93. The van der Waals surface area contributed by atoms with Crippen molar-refractivity contribution < 1.29 is 18.7 Å². The molecule has 0 spiro atoms. The molecule has 1 amide bonds. The molecule has 10 heteroatoms.